The topological polar surface area (TPSA) is 55.8 Å². The van der Waals surface area contributed by atoms with E-state index in [4.69, 9.17) is 5.26 Å². The SMILES string of the molecule is CCCCCC=CCC=CCCCCCCCC(=O)OCOO. The summed E-state index contributed by atoms with van der Waals surface area (Å²) in [5, 5.41) is 8.03. The molecule has 134 valence electrons. The fourth-order valence-electron chi connectivity index (χ4n) is 2.25. The zero-order valence-corrected chi connectivity index (χ0v) is 14.7. The van der Waals surface area contributed by atoms with Crippen molar-refractivity contribution in [1.82, 2.24) is 0 Å². The number of carbonyl (C=O) groups excluding carboxylic acids is 1. The minimum Gasteiger partial charge on any atom is -0.436 e. The van der Waals surface area contributed by atoms with Gasteiger partial charge in [0.05, 0.1) is 0 Å². The summed E-state index contributed by atoms with van der Waals surface area (Å²) in [7, 11) is 0. The maximum Gasteiger partial charge on any atom is 0.307 e. The number of hydrogen-bond donors (Lipinski definition) is 1. The van der Waals surface area contributed by atoms with E-state index in [1.807, 2.05) is 0 Å². The van der Waals surface area contributed by atoms with Crippen LogP contribution >= 0.6 is 0 Å². The van der Waals surface area contributed by atoms with Crippen molar-refractivity contribution in [2.75, 3.05) is 6.79 Å². The zero-order chi connectivity index (χ0) is 17.0. The Morgan fingerprint density at radius 2 is 1.48 bits per heavy atom. The van der Waals surface area contributed by atoms with Gasteiger partial charge in [-0.15, -0.1) is 0 Å². The number of carbonyl (C=O) groups is 1. The van der Waals surface area contributed by atoms with Crippen molar-refractivity contribution >= 4 is 5.97 Å². The molecule has 0 aromatic carbocycles. The van der Waals surface area contributed by atoms with Crippen molar-refractivity contribution < 1.29 is 19.7 Å². The molecule has 0 saturated carbocycles. The summed E-state index contributed by atoms with van der Waals surface area (Å²) in [6, 6.07) is 0. The van der Waals surface area contributed by atoms with E-state index < -0.39 is 0 Å². The smallest absolute Gasteiger partial charge is 0.307 e. The van der Waals surface area contributed by atoms with E-state index in [1.54, 1.807) is 0 Å². The Kier molecular flexibility index (Phi) is 18.0. The van der Waals surface area contributed by atoms with Crippen LogP contribution in [-0.2, 0) is 14.4 Å². The van der Waals surface area contributed by atoms with Crippen LogP contribution in [0.5, 0.6) is 0 Å². The normalized spacial score (nSPS) is 11.6. The summed E-state index contributed by atoms with van der Waals surface area (Å²) in [6.45, 7) is 1.86. The van der Waals surface area contributed by atoms with Crippen LogP contribution in [-0.4, -0.2) is 18.0 Å². The fourth-order valence-corrected chi connectivity index (χ4v) is 2.25. The molecule has 0 bridgehead atoms. The van der Waals surface area contributed by atoms with Crippen LogP contribution in [0.3, 0.4) is 0 Å². The van der Waals surface area contributed by atoms with Crippen LogP contribution in [0.1, 0.15) is 84.0 Å². The van der Waals surface area contributed by atoms with Crippen molar-refractivity contribution in [3.63, 3.8) is 0 Å². The van der Waals surface area contributed by atoms with Gasteiger partial charge in [-0.25, -0.2) is 5.26 Å². The molecule has 1 N–H and O–H groups in total. The predicted octanol–water partition coefficient (Wildman–Crippen LogP) is 5.79. The summed E-state index contributed by atoms with van der Waals surface area (Å²) in [5.41, 5.74) is 0. The Morgan fingerprint density at radius 1 is 0.870 bits per heavy atom. The third-order valence-electron chi connectivity index (χ3n) is 3.60. The van der Waals surface area contributed by atoms with Gasteiger partial charge in [0.25, 0.3) is 0 Å². The molecule has 23 heavy (non-hydrogen) atoms. The highest BCUT2D eigenvalue weighted by Crippen LogP contribution is 2.08. The van der Waals surface area contributed by atoms with E-state index in [0.717, 1.165) is 32.1 Å². The second-order valence-corrected chi connectivity index (χ2v) is 5.74. The standard InChI is InChI=1S/C19H34O4/c1-2-3-4-5-6-7-8-9-10-11-12-13-14-15-16-17-19(20)22-18-23-21/h6-7,9-10,21H,2-5,8,11-18H2,1H3. The molecule has 4 nitrogen and oxygen atoms in total. The number of hydrogen-bond acceptors (Lipinski definition) is 4. The van der Waals surface area contributed by atoms with E-state index in [-0.39, 0.29) is 12.8 Å². The summed E-state index contributed by atoms with van der Waals surface area (Å²) in [4.78, 5) is 14.8. The number of esters is 1. The molecule has 0 radical (unpaired) electrons. The van der Waals surface area contributed by atoms with Gasteiger partial charge >= 0.3 is 5.97 Å². The van der Waals surface area contributed by atoms with Crippen LogP contribution in [0.25, 0.3) is 0 Å². The summed E-state index contributed by atoms with van der Waals surface area (Å²) in [6.07, 6.45) is 22.2. The van der Waals surface area contributed by atoms with E-state index in [1.165, 1.54) is 38.5 Å². The third-order valence-corrected chi connectivity index (χ3v) is 3.60. The van der Waals surface area contributed by atoms with E-state index in [9.17, 15) is 4.79 Å². The molecular weight excluding hydrogens is 292 g/mol. The maximum absolute atomic E-state index is 11.1. The lowest BCUT2D eigenvalue weighted by molar-refractivity contribution is -0.289. The van der Waals surface area contributed by atoms with Crippen molar-refractivity contribution in [3.8, 4) is 0 Å². The molecule has 0 rings (SSSR count). The van der Waals surface area contributed by atoms with Crippen LogP contribution < -0.4 is 0 Å². The van der Waals surface area contributed by atoms with Gasteiger partial charge < -0.3 is 4.74 Å². The van der Waals surface area contributed by atoms with Crippen LogP contribution in [0, 0.1) is 0 Å². The molecule has 0 heterocycles. The molecule has 0 aliphatic heterocycles. The summed E-state index contributed by atoms with van der Waals surface area (Å²) in [5.74, 6) is -0.315. The van der Waals surface area contributed by atoms with Crippen LogP contribution in [0.2, 0.25) is 0 Å². The first kappa shape index (κ1) is 21.9. The van der Waals surface area contributed by atoms with Gasteiger partial charge in [-0.2, -0.15) is 4.89 Å². The van der Waals surface area contributed by atoms with Crippen molar-refractivity contribution in [3.05, 3.63) is 24.3 Å². The maximum atomic E-state index is 11.1. The van der Waals surface area contributed by atoms with Gasteiger partial charge in [0.1, 0.15) is 0 Å². The second-order valence-electron chi connectivity index (χ2n) is 5.74. The quantitative estimate of drug-likeness (QED) is 0.0973. The van der Waals surface area contributed by atoms with E-state index >= 15 is 0 Å². The third kappa shape index (κ3) is 18.8. The van der Waals surface area contributed by atoms with Gasteiger partial charge in [0.15, 0.2) is 0 Å². The van der Waals surface area contributed by atoms with Gasteiger partial charge in [-0.3, -0.25) is 4.79 Å². The molecule has 0 amide bonds. The summed E-state index contributed by atoms with van der Waals surface area (Å²) >= 11 is 0. The monoisotopic (exact) mass is 326 g/mol. The number of ether oxygens (including phenoxy) is 1. The molecule has 0 spiro atoms. The lowest BCUT2D eigenvalue weighted by atomic mass is 10.1. The minimum absolute atomic E-state index is 0.315. The molecule has 0 atom stereocenters. The molecule has 0 aromatic heterocycles. The first-order chi connectivity index (χ1) is 11.3. The molecule has 0 aliphatic rings. The number of allylic oxidation sites excluding steroid dienone is 4. The molecule has 0 aliphatic carbocycles. The van der Waals surface area contributed by atoms with Gasteiger partial charge in [0, 0.05) is 6.42 Å². The zero-order valence-electron chi connectivity index (χ0n) is 14.7. The Labute approximate surface area is 141 Å². The van der Waals surface area contributed by atoms with Crippen LogP contribution in [0.15, 0.2) is 24.3 Å². The van der Waals surface area contributed by atoms with Crippen molar-refractivity contribution in [1.29, 1.82) is 0 Å². The Balaban J connectivity index is 3.23. The predicted molar refractivity (Wildman–Crippen MR) is 94.0 cm³/mol. The van der Waals surface area contributed by atoms with Gasteiger partial charge in [0.2, 0.25) is 6.79 Å². The fraction of sp³-hybridized carbons (Fsp3) is 0.737. The first-order valence-electron chi connectivity index (χ1n) is 9.03. The highest BCUT2D eigenvalue weighted by Gasteiger charge is 2.01. The second kappa shape index (κ2) is 18.9. The van der Waals surface area contributed by atoms with E-state index in [0.29, 0.717) is 6.42 Å². The molecule has 0 fully saturated rings. The molecule has 4 heteroatoms. The molecule has 0 saturated heterocycles. The van der Waals surface area contributed by atoms with E-state index in [2.05, 4.69) is 40.9 Å². The highest BCUT2D eigenvalue weighted by molar-refractivity contribution is 5.69. The molecular formula is C19H34O4. The average Bonchev–Trinajstić information content (AvgIpc) is 2.56. The highest BCUT2D eigenvalue weighted by atomic mass is 17.1. The van der Waals surface area contributed by atoms with Gasteiger partial charge in [-0.05, 0) is 38.5 Å². The first-order valence-corrected chi connectivity index (χ1v) is 9.03. The minimum atomic E-state index is -0.376. The largest absolute Gasteiger partial charge is 0.436 e. The number of unbranched alkanes of at least 4 members (excludes halogenated alkanes) is 8. The molecule has 0 unspecified atom stereocenters. The Hall–Kier alpha value is -1.13. The van der Waals surface area contributed by atoms with Crippen molar-refractivity contribution in [2.45, 2.75) is 84.0 Å². The molecule has 0 aromatic rings. The Morgan fingerprint density at radius 3 is 2.13 bits per heavy atom. The lowest BCUT2D eigenvalue weighted by Crippen LogP contribution is -2.06. The average molecular weight is 326 g/mol. The van der Waals surface area contributed by atoms with Crippen molar-refractivity contribution in [2.24, 2.45) is 0 Å². The number of rotatable bonds is 16. The summed E-state index contributed by atoms with van der Waals surface area (Å²) < 4.78 is 4.58. The lowest BCUT2D eigenvalue weighted by Gasteiger charge is -2.02. The van der Waals surface area contributed by atoms with Crippen LogP contribution in [0.4, 0.5) is 0 Å². The Bertz CT molecular complexity index is 310. The van der Waals surface area contributed by atoms with Gasteiger partial charge in [-0.1, -0.05) is 63.3 Å².